The summed E-state index contributed by atoms with van der Waals surface area (Å²) in [7, 11) is -5.02. The van der Waals surface area contributed by atoms with E-state index in [2.05, 4.69) is 0 Å². The molecule has 0 spiro atoms. The molecular weight excluding hydrogens is 482 g/mol. The molecule has 0 saturated carbocycles. The molecule has 0 bridgehead atoms. The minimum absolute atomic E-state index is 0.0167. The lowest BCUT2D eigenvalue weighted by atomic mass is 9.83. The number of phenols is 2. The zero-order valence-electron chi connectivity index (χ0n) is 14.3. The minimum Gasteiger partial charge on any atom is -0.508 e. The third-order valence-corrected chi connectivity index (χ3v) is 6.89. The van der Waals surface area contributed by atoms with Gasteiger partial charge in [-0.1, -0.05) is 58.5 Å². The maximum absolute atomic E-state index is 12.9. The van der Waals surface area contributed by atoms with Crippen molar-refractivity contribution < 1.29 is 23.2 Å². The fourth-order valence-electron chi connectivity index (χ4n) is 3.18. The van der Waals surface area contributed by atoms with Gasteiger partial charge in [0.15, 0.2) is 4.75 Å². The fraction of sp³-hybridized carbons (Fsp3) is 0.0526. The molecule has 0 aliphatic rings. The average molecular weight is 494 g/mol. The van der Waals surface area contributed by atoms with Crippen LogP contribution in [0.1, 0.15) is 16.7 Å². The first-order valence-electron chi connectivity index (χ1n) is 7.88. The third kappa shape index (κ3) is 3.89. The van der Waals surface area contributed by atoms with Crippen molar-refractivity contribution in [2.75, 3.05) is 0 Å². The smallest absolute Gasteiger partial charge is 0.283 e. The molecule has 0 fully saturated rings. The van der Waals surface area contributed by atoms with Crippen LogP contribution in [-0.2, 0) is 14.9 Å². The molecule has 10 heteroatoms. The molecule has 1 unspecified atom stereocenters. The van der Waals surface area contributed by atoms with Gasteiger partial charge in [-0.25, -0.2) is 0 Å². The van der Waals surface area contributed by atoms with Crippen molar-refractivity contribution in [2.45, 2.75) is 4.75 Å². The molecule has 0 saturated heterocycles. The molecule has 3 aromatic rings. The van der Waals surface area contributed by atoms with E-state index in [0.717, 1.165) is 18.2 Å². The van der Waals surface area contributed by atoms with Crippen LogP contribution in [0.2, 0.25) is 20.1 Å². The monoisotopic (exact) mass is 492 g/mol. The van der Waals surface area contributed by atoms with E-state index in [1.165, 1.54) is 36.4 Å². The molecule has 152 valence electrons. The molecule has 0 amide bonds. The summed E-state index contributed by atoms with van der Waals surface area (Å²) in [6, 6.07) is 11.4. The highest BCUT2D eigenvalue weighted by molar-refractivity contribution is 7.87. The number of benzene rings is 3. The van der Waals surface area contributed by atoms with Crippen LogP contribution in [0.4, 0.5) is 0 Å². The molecule has 1 atom stereocenters. The summed E-state index contributed by atoms with van der Waals surface area (Å²) in [6.07, 6.45) is 0. The Bertz CT molecular complexity index is 1180. The predicted octanol–water partition coefficient (Wildman–Crippen LogP) is 5.89. The van der Waals surface area contributed by atoms with E-state index in [1.807, 2.05) is 0 Å². The van der Waals surface area contributed by atoms with Crippen molar-refractivity contribution in [3.63, 3.8) is 0 Å². The van der Waals surface area contributed by atoms with E-state index in [9.17, 15) is 23.2 Å². The molecule has 3 N–H and O–H groups in total. The molecule has 0 radical (unpaired) electrons. The second kappa shape index (κ2) is 7.87. The molecule has 0 heterocycles. The van der Waals surface area contributed by atoms with Crippen LogP contribution in [0.25, 0.3) is 0 Å². The summed E-state index contributed by atoms with van der Waals surface area (Å²) in [5.74, 6) is -0.717. The van der Waals surface area contributed by atoms with Crippen LogP contribution >= 0.6 is 46.4 Å². The highest BCUT2D eigenvalue weighted by atomic mass is 35.5. The van der Waals surface area contributed by atoms with Gasteiger partial charge in [0, 0.05) is 26.7 Å². The molecule has 3 aromatic carbocycles. The Hall–Kier alpha value is -1.67. The van der Waals surface area contributed by atoms with E-state index in [-0.39, 0.29) is 43.3 Å². The zero-order chi connectivity index (χ0) is 21.6. The summed E-state index contributed by atoms with van der Waals surface area (Å²) in [5.41, 5.74) is -0.209. The highest BCUT2D eigenvalue weighted by Gasteiger charge is 2.50. The Morgan fingerprint density at radius 1 is 0.724 bits per heavy atom. The topological polar surface area (TPSA) is 94.8 Å². The van der Waals surface area contributed by atoms with Crippen LogP contribution in [0.15, 0.2) is 54.6 Å². The summed E-state index contributed by atoms with van der Waals surface area (Å²) >= 11 is 24.3. The Balaban J connectivity index is 2.58. The Morgan fingerprint density at radius 2 is 1.34 bits per heavy atom. The number of halogens is 4. The first kappa shape index (κ1) is 22.0. The Labute approximate surface area is 186 Å². The first-order valence-corrected chi connectivity index (χ1v) is 10.8. The van der Waals surface area contributed by atoms with Crippen molar-refractivity contribution in [2.24, 2.45) is 0 Å². The lowest BCUT2D eigenvalue weighted by molar-refractivity contribution is 0.455. The van der Waals surface area contributed by atoms with Crippen LogP contribution in [0.3, 0.4) is 0 Å². The third-order valence-electron chi connectivity index (χ3n) is 4.34. The molecule has 3 rings (SSSR count). The van der Waals surface area contributed by atoms with Crippen LogP contribution < -0.4 is 0 Å². The van der Waals surface area contributed by atoms with E-state index >= 15 is 0 Å². The first-order chi connectivity index (χ1) is 13.5. The van der Waals surface area contributed by atoms with Gasteiger partial charge in [0.05, 0.1) is 5.02 Å². The quantitative estimate of drug-likeness (QED) is 0.311. The van der Waals surface area contributed by atoms with Crippen LogP contribution in [0, 0.1) is 0 Å². The van der Waals surface area contributed by atoms with E-state index in [4.69, 9.17) is 46.4 Å². The van der Waals surface area contributed by atoms with Gasteiger partial charge >= 0.3 is 0 Å². The normalized spacial score (nSPS) is 13.8. The predicted molar refractivity (Wildman–Crippen MR) is 114 cm³/mol. The summed E-state index contributed by atoms with van der Waals surface area (Å²) in [5, 5.41) is 19.8. The van der Waals surface area contributed by atoms with Gasteiger partial charge in [0.1, 0.15) is 11.5 Å². The van der Waals surface area contributed by atoms with Gasteiger partial charge in [-0.15, -0.1) is 0 Å². The lowest BCUT2D eigenvalue weighted by Gasteiger charge is -2.33. The number of aromatic hydroxyl groups is 2. The summed E-state index contributed by atoms with van der Waals surface area (Å²) in [6.45, 7) is 0. The molecule has 0 aliphatic carbocycles. The Kier molecular flexibility index (Phi) is 5.98. The zero-order valence-corrected chi connectivity index (χ0v) is 18.1. The van der Waals surface area contributed by atoms with Crippen molar-refractivity contribution in [1.82, 2.24) is 0 Å². The van der Waals surface area contributed by atoms with Gasteiger partial charge in [0.2, 0.25) is 0 Å². The lowest BCUT2D eigenvalue weighted by Crippen LogP contribution is -2.38. The standard InChI is InChI=1S/C19H12Cl4O5S/c20-12-3-1-10(2-4-12)19(29(26,27)28,11-5-13(21)7-14(24)6-11)15-8-17(23)18(25)9-16(15)22/h1-9,24-25H,(H,26,27,28). The molecule has 0 aromatic heterocycles. The molecule has 29 heavy (non-hydrogen) atoms. The maximum Gasteiger partial charge on any atom is 0.283 e. The SMILES string of the molecule is O=S(=O)(O)C(c1ccc(Cl)cc1)(c1cc(O)cc(Cl)c1)c1cc(Cl)c(O)cc1Cl. The van der Waals surface area contributed by atoms with Gasteiger partial charge < -0.3 is 10.2 Å². The fourth-order valence-corrected chi connectivity index (χ4v) is 5.35. The second-order valence-corrected chi connectivity index (χ2v) is 9.39. The molecular formula is C19H12Cl4O5S. The van der Waals surface area contributed by atoms with Crippen LogP contribution in [0.5, 0.6) is 11.5 Å². The van der Waals surface area contributed by atoms with E-state index in [1.54, 1.807) is 0 Å². The maximum atomic E-state index is 12.9. The van der Waals surface area contributed by atoms with Crippen molar-refractivity contribution in [3.05, 3.63) is 91.4 Å². The second-order valence-electron chi connectivity index (χ2n) is 6.14. The number of hydrogen-bond acceptors (Lipinski definition) is 4. The largest absolute Gasteiger partial charge is 0.508 e. The van der Waals surface area contributed by atoms with Crippen molar-refractivity contribution in [3.8, 4) is 11.5 Å². The Morgan fingerprint density at radius 3 is 1.90 bits per heavy atom. The van der Waals surface area contributed by atoms with Crippen molar-refractivity contribution >= 4 is 56.5 Å². The summed E-state index contributed by atoms with van der Waals surface area (Å²) < 4.78 is 34.0. The van der Waals surface area contributed by atoms with Crippen LogP contribution in [-0.4, -0.2) is 23.2 Å². The highest BCUT2D eigenvalue weighted by Crippen LogP contribution is 2.49. The number of rotatable bonds is 4. The van der Waals surface area contributed by atoms with Crippen molar-refractivity contribution in [1.29, 1.82) is 0 Å². The van der Waals surface area contributed by atoms with Gasteiger partial charge in [0.25, 0.3) is 10.1 Å². The van der Waals surface area contributed by atoms with Gasteiger partial charge in [-0.3, -0.25) is 4.55 Å². The van der Waals surface area contributed by atoms with E-state index < -0.39 is 14.9 Å². The van der Waals surface area contributed by atoms with Gasteiger partial charge in [-0.2, -0.15) is 8.42 Å². The number of phenolic OH excluding ortho intramolecular Hbond substituents is 2. The molecule has 5 nitrogen and oxygen atoms in total. The average Bonchev–Trinajstić information content (AvgIpc) is 2.59. The number of hydrogen-bond donors (Lipinski definition) is 3. The van der Waals surface area contributed by atoms with E-state index in [0.29, 0.717) is 5.02 Å². The minimum atomic E-state index is -5.02. The molecule has 0 aliphatic heterocycles. The summed E-state index contributed by atoms with van der Waals surface area (Å²) in [4.78, 5) is 0. The van der Waals surface area contributed by atoms with Gasteiger partial charge in [-0.05, 0) is 47.5 Å².